The minimum atomic E-state index is -0.713. The standard InChI is InChI=1S/C18H19F2N5S/c19-13-7-14(20)18(23-12-2-1-4-21-8-12)24-17(13)15-9-22-16-6-11(10-26)3-5-25(15)16/h3,5-7,9,12,21,26H,1-2,4,8,10H2,(H,23,24). The third kappa shape index (κ3) is 3.26. The van der Waals surface area contributed by atoms with E-state index in [0.29, 0.717) is 17.1 Å². The number of thiol groups is 1. The Balaban J connectivity index is 1.73. The highest BCUT2D eigenvalue weighted by Crippen LogP contribution is 2.26. The first kappa shape index (κ1) is 17.2. The monoisotopic (exact) mass is 375 g/mol. The van der Waals surface area contributed by atoms with Crippen LogP contribution in [0.2, 0.25) is 0 Å². The van der Waals surface area contributed by atoms with Crippen molar-refractivity contribution in [3.8, 4) is 11.4 Å². The Labute approximate surface area is 155 Å². The molecule has 2 N–H and O–H groups in total. The molecular weight excluding hydrogens is 356 g/mol. The predicted octanol–water partition coefficient (Wildman–Crippen LogP) is 3.27. The Morgan fingerprint density at radius 2 is 2.19 bits per heavy atom. The fraction of sp³-hybridized carbons (Fsp3) is 0.333. The SMILES string of the molecule is Fc1cc(F)c(-c2cnc3cc(CS)ccn23)nc1NC1CCCNC1. The normalized spacial score (nSPS) is 17.6. The summed E-state index contributed by atoms with van der Waals surface area (Å²) < 4.78 is 30.4. The van der Waals surface area contributed by atoms with Gasteiger partial charge >= 0.3 is 0 Å². The van der Waals surface area contributed by atoms with Crippen LogP contribution in [0.1, 0.15) is 18.4 Å². The van der Waals surface area contributed by atoms with E-state index in [1.54, 1.807) is 16.8 Å². The van der Waals surface area contributed by atoms with Gasteiger partial charge in [0.25, 0.3) is 0 Å². The Bertz CT molecular complexity index is 937. The van der Waals surface area contributed by atoms with Gasteiger partial charge in [0.2, 0.25) is 0 Å². The zero-order valence-electron chi connectivity index (χ0n) is 14.0. The molecule has 0 aliphatic carbocycles. The molecule has 1 atom stereocenters. The number of halogens is 2. The van der Waals surface area contributed by atoms with Crippen LogP contribution in [0.5, 0.6) is 0 Å². The molecule has 4 heterocycles. The molecule has 1 fully saturated rings. The highest BCUT2D eigenvalue weighted by atomic mass is 32.1. The van der Waals surface area contributed by atoms with E-state index >= 15 is 0 Å². The summed E-state index contributed by atoms with van der Waals surface area (Å²) in [5, 5.41) is 6.35. The van der Waals surface area contributed by atoms with Crippen molar-refractivity contribution in [2.75, 3.05) is 18.4 Å². The Morgan fingerprint density at radius 3 is 2.96 bits per heavy atom. The summed E-state index contributed by atoms with van der Waals surface area (Å²) >= 11 is 4.25. The van der Waals surface area contributed by atoms with Gasteiger partial charge in [0.15, 0.2) is 17.5 Å². The summed E-state index contributed by atoms with van der Waals surface area (Å²) in [4.78, 5) is 8.55. The maximum Gasteiger partial charge on any atom is 0.168 e. The van der Waals surface area contributed by atoms with Gasteiger partial charge < -0.3 is 10.6 Å². The number of imidazole rings is 1. The molecule has 4 rings (SSSR count). The molecule has 3 aromatic heterocycles. The molecule has 1 saturated heterocycles. The molecule has 0 radical (unpaired) electrons. The molecule has 1 aliphatic heterocycles. The van der Waals surface area contributed by atoms with Crippen molar-refractivity contribution in [3.05, 3.63) is 47.8 Å². The Kier molecular flexibility index (Phi) is 4.78. The minimum Gasteiger partial charge on any atom is -0.364 e. The largest absolute Gasteiger partial charge is 0.364 e. The summed E-state index contributed by atoms with van der Waals surface area (Å²) in [6.45, 7) is 1.69. The number of hydrogen-bond acceptors (Lipinski definition) is 5. The lowest BCUT2D eigenvalue weighted by Gasteiger charge is -2.24. The third-order valence-corrected chi connectivity index (χ3v) is 4.94. The summed E-state index contributed by atoms with van der Waals surface area (Å²) in [6, 6.07) is 4.72. The molecule has 0 spiro atoms. The number of hydrogen-bond donors (Lipinski definition) is 3. The second kappa shape index (κ2) is 7.20. The van der Waals surface area contributed by atoms with Gasteiger partial charge in [0, 0.05) is 30.6 Å². The van der Waals surface area contributed by atoms with Crippen molar-refractivity contribution in [2.45, 2.75) is 24.6 Å². The molecule has 136 valence electrons. The maximum atomic E-state index is 14.4. The zero-order valence-corrected chi connectivity index (χ0v) is 14.9. The number of pyridine rings is 2. The van der Waals surface area contributed by atoms with Gasteiger partial charge in [-0.25, -0.2) is 18.7 Å². The van der Waals surface area contributed by atoms with E-state index in [2.05, 4.69) is 33.2 Å². The topological polar surface area (TPSA) is 54.2 Å². The molecule has 8 heteroatoms. The summed E-state index contributed by atoms with van der Waals surface area (Å²) in [5.41, 5.74) is 2.23. The zero-order chi connectivity index (χ0) is 18.1. The number of anilines is 1. The summed E-state index contributed by atoms with van der Waals surface area (Å²) in [7, 11) is 0. The molecular formula is C18H19F2N5S. The lowest BCUT2D eigenvalue weighted by molar-refractivity contribution is 0.475. The van der Waals surface area contributed by atoms with Crippen LogP contribution < -0.4 is 10.6 Å². The van der Waals surface area contributed by atoms with E-state index in [0.717, 1.165) is 37.6 Å². The average Bonchev–Trinajstić information content (AvgIpc) is 3.07. The number of rotatable bonds is 4. The van der Waals surface area contributed by atoms with E-state index in [4.69, 9.17) is 0 Å². The van der Waals surface area contributed by atoms with Crippen LogP contribution in [0, 0.1) is 11.6 Å². The molecule has 0 saturated carbocycles. The second-order valence-electron chi connectivity index (χ2n) is 6.40. The number of aromatic nitrogens is 3. The van der Waals surface area contributed by atoms with Gasteiger partial charge in [-0.1, -0.05) is 0 Å². The fourth-order valence-electron chi connectivity index (χ4n) is 3.21. The van der Waals surface area contributed by atoms with Crippen LogP contribution in [0.15, 0.2) is 30.6 Å². The number of nitrogens with zero attached hydrogens (tertiary/aromatic N) is 3. The van der Waals surface area contributed by atoms with Crippen molar-refractivity contribution >= 4 is 24.1 Å². The van der Waals surface area contributed by atoms with Crippen LogP contribution in [0.3, 0.4) is 0 Å². The molecule has 0 bridgehead atoms. The third-order valence-electron chi connectivity index (χ3n) is 4.57. The highest BCUT2D eigenvalue weighted by Gasteiger charge is 2.20. The molecule has 26 heavy (non-hydrogen) atoms. The second-order valence-corrected chi connectivity index (χ2v) is 6.72. The van der Waals surface area contributed by atoms with Gasteiger partial charge in [0.05, 0.1) is 11.9 Å². The Hall–Kier alpha value is -2.19. The molecule has 0 aromatic carbocycles. The van der Waals surface area contributed by atoms with Crippen LogP contribution in [0.25, 0.3) is 17.0 Å². The quantitative estimate of drug-likeness (QED) is 0.613. The van der Waals surface area contributed by atoms with Gasteiger partial charge in [-0.15, -0.1) is 0 Å². The lowest BCUT2D eigenvalue weighted by Crippen LogP contribution is -2.38. The molecule has 3 aromatic rings. The van der Waals surface area contributed by atoms with Crippen LogP contribution >= 0.6 is 12.6 Å². The van der Waals surface area contributed by atoms with Crippen molar-refractivity contribution in [2.24, 2.45) is 0 Å². The van der Waals surface area contributed by atoms with E-state index in [1.807, 2.05) is 12.1 Å². The van der Waals surface area contributed by atoms with Gasteiger partial charge in [-0.05, 0) is 37.1 Å². The van der Waals surface area contributed by atoms with E-state index < -0.39 is 11.6 Å². The Morgan fingerprint density at radius 1 is 1.31 bits per heavy atom. The molecule has 1 unspecified atom stereocenters. The summed E-state index contributed by atoms with van der Waals surface area (Å²) in [6.07, 6.45) is 5.27. The highest BCUT2D eigenvalue weighted by molar-refractivity contribution is 7.79. The van der Waals surface area contributed by atoms with Crippen LogP contribution in [-0.4, -0.2) is 33.5 Å². The van der Waals surface area contributed by atoms with Crippen molar-refractivity contribution in [1.82, 2.24) is 19.7 Å². The maximum absolute atomic E-state index is 14.4. The first-order valence-corrected chi connectivity index (χ1v) is 9.19. The first-order valence-electron chi connectivity index (χ1n) is 8.56. The van der Waals surface area contributed by atoms with Crippen molar-refractivity contribution < 1.29 is 8.78 Å². The van der Waals surface area contributed by atoms with E-state index in [1.165, 1.54) is 0 Å². The number of piperidine rings is 1. The molecule has 0 amide bonds. The number of nitrogens with one attached hydrogen (secondary N) is 2. The van der Waals surface area contributed by atoms with Crippen molar-refractivity contribution in [3.63, 3.8) is 0 Å². The van der Waals surface area contributed by atoms with Crippen LogP contribution in [0.4, 0.5) is 14.6 Å². The predicted molar refractivity (Wildman–Crippen MR) is 101 cm³/mol. The fourth-order valence-corrected chi connectivity index (χ4v) is 3.41. The lowest BCUT2D eigenvalue weighted by atomic mass is 10.1. The van der Waals surface area contributed by atoms with Gasteiger partial charge in [-0.2, -0.15) is 12.6 Å². The van der Waals surface area contributed by atoms with Gasteiger partial charge in [-0.3, -0.25) is 4.40 Å². The van der Waals surface area contributed by atoms with E-state index in [9.17, 15) is 8.78 Å². The minimum absolute atomic E-state index is 0.0667. The van der Waals surface area contributed by atoms with Crippen LogP contribution in [-0.2, 0) is 5.75 Å². The molecule has 1 aliphatic rings. The summed E-state index contributed by atoms with van der Waals surface area (Å²) in [5.74, 6) is -0.749. The molecule has 5 nitrogen and oxygen atoms in total. The van der Waals surface area contributed by atoms with E-state index in [-0.39, 0.29) is 17.6 Å². The first-order chi connectivity index (χ1) is 12.7. The smallest absolute Gasteiger partial charge is 0.168 e. The van der Waals surface area contributed by atoms with Gasteiger partial charge in [0.1, 0.15) is 11.3 Å². The number of fused-ring (bicyclic) bond motifs is 1. The average molecular weight is 375 g/mol. The van der Waals surface area contributed by atoms with Crippen molar-refractivity contribution in [1.29, 1.82) is 0 Å².